The van der Waals surface area contributed by atoms with Gasteiger partial charge in [-0.2, -0.15) is 0 Å². The van der Waals surface area contributed by atoms with E-state index in [1.807, 2.05) is 6.07 Å². The number of rotatable bonds is 5. The molecule has 1 aliphatic heterocycles. The van der Waals surface area contributed by atoms with Crippen LogP contribution in [0.2, 0.25) is 0 Å². The topological polar surface area (TPSA) is 61.5 Å². The summed E-state index contributed by atoms with van der Waals surface area (Å²) in [5.41, 5.74) is 2.98. The molecular weight excluding hydrogens is 402 g/mol. The Balaban J connectivity index is 1.60. The number of nitrogens with zero attached hydrogens (tertiary/aromatic N) is 3. The van der Waals surface area contributed by atoms with Crippen molar-refractivity contribution in [3.63, 3.8) is 0 Å². The molecule has 1 amide bonds. The number of carbonyl (C=O) groups excluding carboxylic acids is 1. The van der Waals surface area contributed by atoms with Crippen molar-refractivity contribution in [2.24, 2.45) is 0 Å². The number of ether oxygens (including phenoxy) is 1. The summed E-state index contributed by atoms with van der Waals surface area (Å²) in [6.45, 7) is 2.13. The molecule has 0 saturated carbocycles. The Kier molecular flexibility index (Phi) is 5.91. The highest BCUT2D eigenvalue weighted by Crippen LogP contribution is 2.38. The van der Waals surface area contributed by atoms with Crippen molar-refractivity contribution in [3.8, 4) is 16.9 Å². The van der Waals surface area contributed by atoms with Crippen molar-refractivity contribution in [2.45, 2.75) is 18.8 Å². The number of amides is 1. The molecule has 1 fully saturated rings. The summed E-state index contributed by atoms with van der Waals surface area (Å²) < 4.78 is 32.9. The molecule has 2 aromatic heterocycles. The van der Waals surface area contributed by atoms with Gasteiger partial charge < -0.3 is 14.6 Å². The molecule has 0 spiro atoms. The van der Waals surface area contributed by atoms with Crippen molar-refractivity contribution < 1.29 is 18.3 Å². The van der Waals surface area contributed by atoms with Crippen LogP contribution in [-0.4, -0.2) is 66.5 Å². The van der Waals surface area contributed by atoms with Gasteiger partial charge in [0.2, 0.25) is 5.91 Å². The van der Waals surface area contributed by atoms with Crippen molar-refractivity contribution >= 4 is 16.9 Å². The second-order valence-electron chi connectivity index (χ2n) is 8.15. The van der Waals surface area contributed by atoms with E-state index in [1.54, 1.807) is 31.3 Å². The van der Waals surface area contributed by atoms with Gasteiger partial charge in [0.1, 0.15) is 11.4 Å². The minimum absolute atomic E-state index is 0.110. The van der Waals surface area contributed by atoms with Gasteiger partial charge in [-0.1, -0.05) is 0 Å². The Morgan fingerprint density at radius 2 is 1.90 bits per heavy atom. The van der Waals surface area contributed by atoms with E-state index in [1.165, 1.54) is 7.11 Å². The van der Waals surface area contributed by atoms with Crippen LogP contribution in [0.15, 0.2) is 30.5 Å². The third-order valence-corrected chi connectivity index (χ3v) is 5.97. The van der Waals surface area contributed by atoms with Crippen molar-refractivity contribution in [1.82, 2.24) is 19.8 Å². The van der Waals surface area contributed by atoms with Crippen LogP contribution in [-0.2, 0) is 4.79 Å². The van der Waals surface area contributed by atoms with Gasteiger partial charge in [0.25, 0.3) is 0 Å². The molecule has 0 aliphatic carbocycles. The molecule has 0 bridgehead atoms. The number of methoxy groups -OCH3 is 1. The van der Waals surface area contributed by atoms with Crippen molar-refractivity contribution in [3.05, 3.63) is 47.8 Å². The van der Waals surface area contributed by atoms with Crippen LogP contribution in [0.3, 0.4) is 0 Å². The lowest BCUT2D eigenvalue weighted by molar-refractivity contribution is -0.130. The molecule has 4 rings (SSSR count). The third-order valence-electron chi connectivity index (χ3n) is 5.97. The molecule has 6 nitrogen and oxygen atoms in total. The fourth-order valence-corrected chi connectivity index (χ4v) is 4.14. The number of likely N-dealkylation sites (tertiary alicyclic amines) is 1. The number of aromatic amines is 1. The van der Waals surface area contributed by atoms with Gasteiger partial charge in [0.05, 0.1) is 13.7 Å². The molecule has 0 atom stereocenters. The Hall–Kier alpha value is -3.00. The highest BCUT2D eigenvalue weighted by atomic mass is 19.2. The maximum absolute atomic E-state index is 14.0. The summed E-state index contributed by atoms with van der Waals surface area (Å²) >= 11 is 0. The molecule has 8 heteroatoms. The van der Waals surface area contributed by atoms with Crippen LogP contribution in [0.4, 0.5) is 8.78 Å². The van der Waals surface area contributed by atoms with Crippen LogP contribution in [0.1, 0.15) is 24.5 Å². The molecule has 1 aliphatic rings. The first-order chi connectivity index (χ1) is 14.9. The number of halogens is 2. The van der Waals surface area contributed by atoms with Crippen LogP contribution >= 0.6 is 0 Å². The van der Waals surface area contributed by atoms with Gasteiger partial charge >= 0.3 is 0 Å². The van der Waals surface area contributed by atoms with Gasteiger partial charge in [-0.05, 0) is 49.7 Å². The second kappa shape index (κ2) is 8.63. The normalized spacial score (nSPS) is 15.4. The first kappa shape index (κ1) is 21.2. The number of fused-ring (bicyclic) bond motifs is 1. The Labute approximate surface area is 179 Å². The fourth-order valence-electron chi connectivity index (χ4n) is 4.14. The van der Waals surface area contributed by atoms with Gasteiger partial charge in [-0.3, -0.25) is 9.69 Å². The van der Waals surface area contributed by atoms with E-state index in [0.717, 1.165) is 54.7 Å². The number of likely N-dealkylation sites (N-methyl/N-ethyl adjacent to an activating group) is 1. The van der Waals surface area contributed by atoms with E-state index < -0.39 is 11.6 Å². The number of H-pyrrole nitrogens is 1. The van der Waals surface area contributed by atoms with E-state index in [0.29, 0.717) is 23.7 Å². The molecule has 1 aromatic carbocycles. The molecule has 1 N–H and O–H groups in total. The predicted octanol–water partition coefficient (Wildman–Crippen LogP) is 3.78. The SMILES string of the molecule is COc1cc(F)c(F)cc1-c1ccnc2[nH]c(C3CCN(CC(=O)N(C)C)CC3)cc12. The lowest BCUT2D eigenvalue weighted by Gasteiger charge is -2.31. The monoisotopic (exact) mass is 428 g/mol. The average molecular weight is 428 g/mol. The quantitative estimate of drug-likeness (QED) is 0.672. The Morgan fingerprint density at radius 1 is 1.19 bits per heavy atom. The first-order valence-corrected chi connectivity index (χ1v) is 10.3. The number of nitrogens with one attached hydrogen (secondary N) is 1. The van der Waals surface area contributed by atoms with E-state index in [2.05, 4.69) is 14.9 Å². The van der Waals surface area contributed by atoms with Crippen LogP contribution in [0, 0.1) is 11.6 Å². The average Bonchev–Trinajstić information content (AvgIpc) is 3.20. The molecule has 164 valence electrons. The summed E-state index contributed by atoms with van der Waals surface area (Å²) in [5.74, 6) is -1.16. The summed E-state index contributed by atoms with van der Waals surface area (Å²) in [7, 11) is 4.98. The molecule has 0 radical (unpaired) electrons. The largest absolute Gasteiger partial charge is 0.496 e. The van der Waals surface area contributed by atoms with Gasteiger partial charge in [0, 0.05) is 48.9 Å². The maximum Gasteiger partial charge on any atom is 0.236 e. The third kappa shape index (κ3) is 4.25. The highest BCUT2D eigenvalue weighted by molar-refractivity contribution is 5.95. The zero-order valence-corrected chi connectivity index (χ0v) is 17.9. The zero-order chi connectivity index (χ0) is 22.1. The summed E-state index contributed by atoms with van der Waals surface area (Å²) in [4.78, 5) is 23.6. The number of carbonyl (C=O) groups is 1. The lowest BCUT2D eigenvalue weighted by atomic mass is 9.93. The molecule has 31 heavy (non-hydrogen) atoms. The first-order valence-electron chi connectivity index (χ1n) is 10.3. The zero-order valence-electron chi connectivity index (χ0n) is 17.9. The fraction of sp³-hybridized carbons (Fsp3) is 0.391. The van der Waals surface area contributed by atoms with Gasteiger partial charge in [0.15, 0.2) is 11.6 Å². The maximum atomic E-state index is 14.0. The number of piperidine rings is 1. The molecule has 0 unspecified atom stereocenters. The van der Waals surface area contributed by atoms with Crippen molar-refractivity contribution in [2.75, 3.05) is 40.8 Å². The van der Waals surface area contributed by atoms with Crippen LogP contribution < -0.4 is 4.74 Å². The van der Waals surface area contributed by atoms with E-state index >= 15 is 0 Å². The number of benzene rings is 1. The number of pyridine rings is 1. The Bertz CT molecular complexity index is 1100. The number of aromatic nitrogens is 2. The standard InChI is InChI=1S/C23H26F2N4O2/c1-28(2)22(30)13-29-8-5-14(6-9-29)20-11-17-15(4-7-26-23(17)27-20)16-10-18(24)19(25)12-21(16)31-3/h4,7,10-12,14H,5-6,8-9,13H2,1-3H3,(H,26,27). The predicted molar refractivity (Wildman–Crippen MR) is 115 cm³/mol. The molecule has 3 aromatic rings. The van der Waals surface area contributed by atoms with Crippen molar-refractivity contribution in [1.29, 1.82) is 0 Å². The molecular formula is C23H26F2N4O2. The molecule has 1 saturated heterocycles. The smallest absolute Gasteiger partial charge is 0.236 e. The van der Waals surface area contributed by atoms with Crippen LogP contribution in [0.25, 0.3) is 22.2 Å². The summed E-state index contributed by atoms with van der Waals surface area (Å²) in [6.07, 6.45) is 3.50. The van der Waals surface area contributed by atoms with Gasteiger partial charge in [-0.25, -0.2) is 13.8 Å². The lowest BCUT2D eigenvalue weighted by Crippen LogP contribution is -2.40. The second-order valence-corrected chi connectivity index (χ2v) is 8.15. The highest BCUT2D eigenvalue weighted by Gasteiger charge is 2.24. The summed E-state index contributed by atoms with van der Waals surface area (Å²) in [5, 5.41) is 0.840. The number of hydrogen-bond acceptors (Lipinski definition) is 4. The van der Waals surface area contributed by atoms with Crippen LogP contribution in [0.5, 0.6) is 5.75 Å². The minimum atomic E-state index is -0.944. The van der Waals surface area contributed by atoms with Gasteiger partial charge in [-0.15, -0.1) is 0 Å². The molecule has 3 heterocycles. The Morgan fingerprint density at radius 3 is 2.58 bits per heavy atom. The van der Waals surface area contributed by atoms with E-state index in [-0.39, 0.29) is 11.7 Å². The van der Waals surface area contributed by atoms with E-state index in [9.17, 15) is 13.6 Å². The number of hydrogen-bond donors (Lipinski definition) is 1. The summed E-state index contributed by atoms with van der Waals surface area (Å²) in [6, 6.07) is 6.05. The minimum Gasteiger partial charge on any atom is -0.496 e. The van der Waals surface area contributed by atoms with E-state index in [4.69, 9.17) is 4.74 Å².